The lowest BCUT2D eigenvalue weighted by Gasteiger charge is -2.13. The van der Waals surface area contributed by atoms with Gasteiger partial charge in [-0.3, -0.25) is 9.59 Å². The number of hydrogen-bond donors (Lipinski definition) is 3. The summed E-state index contributed by atoms with van der Waals surface area (Å²) in [6, 6.07) is 4.39. The lowest BCUT2D eigenvalue weighted by atomic mass is 10.1. The maximum Gasteiger partial charge on any atom is 0.418 e. The third kappa shape index (κ3) is 4.25. The third-order valence-electron chi connectivity index (χ3n) is 2.12. The summed E-state index contributed by atoms with van der Waals surface area (Å²) in [5, 5.41) is 4.07. The number of amides is 2. The minimum absolute atomic E-state index is 0.0627. The zero-order valence-corrected chi connectivity index (χ0v) is 9.75. The molecule has 2 amide bonds. The molecule has 1 aromatic carbocycles. The first-order valence-corrected chi connectivity index (χ1v) is 5.31. The largest absolute Gasteiger partial charge is 0.418 e. The summed E-state index contributed by atoms with van der Waals surface area (Å²) in [4.78, 5) is 22.6. The predicted octanol–water partition coefficient (Wildman–Crippen LogP) is 0.719. The third-order valence-corrected chi connectivity index (χ3v) is 2.12. The van der Waals surface area contributed by atoms with Crippen LogP contribution in [0, 0.1) is 0 Å². The molecular formula is C11H12F3N3O2. The van der Waals surface area contributed by atoms with E-state index in [1.807, 2.05) is 5.32 Å². The number of nitrogens with one attached hydrogen (secondary N) is 2. The van der Waals surface area contributed by atoms with Gasteiger partial charge < -0.3 is 16.4 Å². The van der Waals surface area contributed by atoms with Crippen LogP contribution in [-0.4, -0.2) is 24.9 Å². The van der Waals surface area contributed by atoms with Crippen molar-refractivity contribution in [2.45, 2.75) is 6.18 Å². The molecule has 0 aliphatic rings. The van der Waals surface area contributed by atoms with E-state index in [2.05, 4.69) is 5.32 Å². The van der Waals surface area contributed by atoms with E-state index in [0.717, 1.165) is 12.1 Å². The second-order valence-corrected chi connectivity index (χ2v) is 3.54. The Labute approximate surface area is 107 Å². The number of halogens is 3. The fourth-order valence-electron chi connectivity index (χ4n) is 1.28. The molecule has 0 atom stereocenters. The van der Waals surface area contributed by atoms with Gasteiger partial charge in [0.25, 0.3) is 0 Å². The van der Waals surface area contributed by atoms with Crippen molar-refractivity contribution in [1.82, 2.24) is 5.32 Å². The lowest BCUT2D eigenvalue weighted by Crippen LogP contribution is -2.38. The Kier molecular flexibility index (Phi) is 4.87. The van der Waals surface area contributed by atoms with Gasteiger partial charge >= 0.3 is 18.0 Å². The molecule has 0 unspecified atom stereocenters. The van der Waals surface area contributed by atoms with Crippen LogP contribution in [0.1, 0.15) is 5.56 Å². The molecule has 0 spiro atoms. The number of rotatable bonds is 3. The van der Waals surface area contributed by atoms with Crippen molar-refractivity contribution in [2.75, 3.05) is 18.4 Å². The highest BCUT2D eigenvalue weighted by Crippen LogP contribution is 2.34. The fourth-order valence-corrected chi connectivity index (χ4v) is 1.28. The minimum Gasteiger partial charge on any atom is -0.347 e. The normalized spacial score (nSPS) is 10.9. The summed E-state index contributed by atoms with van der Waals surface area (Å²) in [5.41, 5.74) is 3.63. The smallest absolute Gasteiger partial charge is 0.347 e. The zero-order chi connectivity index (χ0) is 14.5. The predicted molar refractivity (Wildman–Crippen MR) is 62.1 cm³/mol. The SMILES string of the molecule is NCCNC(=O)C(=O)Nc1ccccc1C(F)(F)F. The number of hydrogen-bond acceptors (Lipinski definition) is 3. The first-order valence-electron chi connectivity index (χ1n) is 5.31. The van der Waals surface area contributed by atoms with Crippen molar-refractivity contribution >= 4 is 17.5 Å². The van der Waals surface area contributed by atoms with E-state index in [0.29, 0.717) is 0 Å². The van der Waals surface area contributed by atoms with Crippen LogP contribution >= 0.6 is 0 Å². The van der Waals surface area contributed by atoms with Crippen molar-refractivity contribution in [3.63, 3.8) is 0 Å². The van der Waals surface area contributed by atoms with Crippen LogP contribution in [0.5, 0.6) is 0 Å². The standard InChI is InChI=1S/C11H12F3N3O2/c12-11(13,14)7-3-1-2-4-8(7)17-10(19)9(18)16-6-5-15/h1-4H,5-6,15H2,(H,16,18)(H,17,19). The molecule has 0 aliphatic heterocycles. The van der Waals surface area contributed by atoms with Crippen LogP contribution in [0.2, 0.25) is 0 Å². The lowest BCUT2D eigenvalue weighted by molar-refractivity contribution is -0.138. The summed E-state index contributed by atoms with van der Waals surface area (Å²) in [5.74, 6) is -2.22. The molecule has 0 saturated heterocycles. The molecule has 4 N–H and O–H groups in total. The Morgan fingerprint density at radius 2 is 1.79 bits per heavy atom. The van der Waals surface area contributed by atoms with Crippen LogP contribution in [0.3, 0.4) is 0 Å². The first kappa shape index (κ1) is 15.0. The quantitative estimate of drug-likeness (QED) is 0.711. The number of nitrogens with two attached hydrogens (primary N) is 1. The van der Waals surface area contributed by atoms with Crippen LogP contribution in [0.15, 0.2) is 24.3 Å². The van der Waals surface area contributed by atoms with Gasteiger partial charge in [0.2, 0.25) is 0 Å². The first-order chi connectivity index (χ1) is 8.86. The van der Waals surface area contributed by atoms with E-state index in [4.69, 9.17) is 5.73 Å². The highest BCUT2D eigenvalue weighted by molar-refractivity contribution is 6.39. The van der Waals surface area contributed by atoms with Crippen LogP contribution < -0.4 is 16.4 Å². The molecule has 0 aromatic heterocycles. The maximum atomic E-state index is 12.6. The van der Waals surface area contributed by atoms with Crippen molar-refractivity contribution in [2.24, 2.45) is 5.73 Å². The Morgan fingerprint density at radius 3 is 2.37 bits per heavy atom. The second-order valence-electron chi connectivity index (χ2n) is 3.54. The van der Waals surface area contributed by atoms with Gasteiger partial charge in [-0.05, 0) is 12.1 Å². The van der Waals surface area contributed by atoms with E-state index in [-0.39, 0.29) is 13.1 Å². The summed E-state index contributed by atoms with van der Waals surface area (Å²) in [7, 11) is 0. The Balaban J connectivity index is 2.83. The van der Waals surface area contributed by atoms with Gasteiger partial charge in [0.15, 0.2) is 0 Å². The Morgan fingerprint density at radius 1 is 1.16 bits per heavy atom. The molecule has 0 bridgehead atoms. The number of carbonyl (C=O) groups excluding carboxylic acids is 2. The van der Waals surface area contributed by atoms with E-state index in [1.54, 1.807) is 0 Å². The topological polar surface area (TPSA) is 84.2 Å². The Bertz CT molecular complexity index is 474. The molecule has 8 heteroatoms. The summed E-state index contributed by atoms with van der Waals surface area (Å²) in [6.07, 6.45) is -4.61. The molecule has 104 valence electrons. The van der Waals surface area contributed by atoms with Gasteiger partial charge in [0.05, 0.1) is 11.3 Å². The molecular weight excluding hydrogens is 263 g/mol. The number of anilines is 1. The fraction of sp³-hybridized carbons (Fsp3) is 0.273. The van der Waals surface area contributed by atoms with E-state index in [9.17, 15) is 22.8 Å². The summed E-state index contributed by atoms with van der Waals surface area (Å²) in [6.45, 7) is 0.186. The molecule has 5 nitrogen and oxygen atoms in total. The van der Waals surface area contributed by atoms with Crippen LogP contribution in [-0.2, 0) is 15.8 Å². The number of benzene rings is 1. The van der Waals surface area contributed by atoms with Crippen LogP contribution in [0.4, 0.5) is 18.9 Å². The van der Waals surface area contributed by atoms with Crippen molar-refractivity contribution in [1.29, 1.82) is 0 Å². The van der Waals surface area contributed by atoms with Gasteiger partial charge in [-0.25, -0.2) is 0 Å². The van der Waals surface area contributed by atoms with Gasteiger partial charge in [-0.15, -0.1) is 0 Å². The van der Waals surface area contributed by atoms with E-state index >= 15 is 0 Å². The van der Waals surface area contributed by atoms with Gasteiger partial charge in [0.1, 0.15) is 0 Å². The molecule has 0 fully saturated rings. The number of carbonyl (C=O) groups is 2. The molecule has 0 radical (unpaired) electrons. The molecule has 0 heterocycles. The highest BCUT2D eigenvalue weighted by atomic mass is 19.4. The van der Waals surface area contributed by atoms with E-state index < -0.39 is 29.2 Å². The maximum absolute atomic E-state index is 12.6. The van der Waals surface area contributed by atoms with Crippen molar-refractivity contribution in [3.05, 3.63) is 29.8 Å². The average Bonchev–Trinajstić information content (AvgIpc) is 2.35. The number of para-hydroxylation sites is 1. The molecule has 1 rings (SSSR count). The van der Waals surface area contributed by atoms with Gasteiger partial charge in [0, 0.05) is 13.1 Å². The van der Waals surface area contributed by atoms with Gasteiger partial charge in [-0.1, -0.05) is 12.1 Å². The number of alkyl halides is 3. The molecule has 19 heavy (non-hydrogen) atoms. The minimum atomic E-state index is -4.61. The average molecular weight is 275 g/mol. The van der Waals surface area contributed by atoms with Crippen LogP contribution in [0.25, 0.3) is 0 Å². The van der Waals surface area contributed by atoms with Crippen molar-refractivity contribution < 1.29 is 22.8 Å². The summed E-state index contributed by atoms with van der Waals surface area (Å²) < 4.78 is 37.9. The second kappa shape index (κ2) is 6.19. The molecule has 0 aliphatic carbocycles. The zero-order valence-electron chi connectivity index (χ0n) is 9.75. The molecule has 0 saturated carbocycles. The summed E-state index contributed by atoms with van der Waals surface area (Å²) >= 11 is 0. The highest BCUT2D eigenvalue weighted by Gasteiger charge is 2.33. The van der Waals surface area contributed by atoms with Gasteiger partial charge in [-0.2, -0.15) is 13.2 Å². The molecule has 1 aromatic rings. The van der Waals surface area contributed by atoms with E-state index in [1.165, 1.54) is 12.1 Å². The van der Waals surface area contributed by atoms with Crippen molar-refractivity contribution in [3.8, 4) is 0 Å². The Hall–Kier alpha value is -2.09. The monoisotopic (exact) mass is 275 g/mol.